The van der Waals surface area contributed by atoms with Crippen molar-refractivity contribution < 1.29 is 18.5 Å². The molecule has 1 aromatic heterocycles. The fraction of sp³-hybridized carbons (Fsp3) is 0.154. The van der Waals surface area contributed by atoms with Gasteiger partial charge in [-0.15, -0.1) is 0 Å². The predicted octanol–water partition coefficient (Wildman–Crippen LogP) is 3.36. The number of aromatic carboxylic acids is 1. The van der Waals surface area contributed by atoms with E-state index < -0.39 is 16.8 Å². The summed E-state index contributed by atoms with van der Waals surface area (Å²) in [6.45, 7) is 1.67. The number of furan rings is 1. The zero-order valence-corrected chi connectivity index (χ0v) is 12.5. The monoisotopic (exact) mass is 342 g/mol. The van der Waals surface area contributed by atoms with E-state index in [4.69, 9.17) is 9.52 Å². The molecule has 0 fully saturated rings. The van der Waals surface area contributed by atoms with Crippen LogP contribution in [0.5, 0.6) is 0 Å². The molecule has 0 aliphatic heterocycles. The Hall–Kier alpha value is -1.40. The third kappa shape index (κ3) is 3.13. The van der Waals surface area contributed by atoms with Gasteiger partial charge in [0.2, 0.25) is 5.76 Å². The number of carboxylic acids is 1. The molecular weight excluding hydrogens is 332 g/mol. The van der Waals surface area contributed by atoms with E-state index in [2.05, 4.69) is 15.9 Å². The van der Waals surface area contributed by atoms with Crippen LogP contribution in [0.2, 0.25) is 0 Å². The van der Waals surface area contributed by atoms with Crippen LogP contribution in [-0.2, 0) is 16.6 Å². The average molecular weight is 343 g/mol. The van der Waals surface area contributed by atoms with Gasteiger partial charge in [0.05, 0.1) is 21.4 Å². The van der Waals surface area contributed by atoms with Crippen LogP contribution in [0, 0.1) is 6.92 Å². The summed E-state index contributed by atoms with van der Waals surface area (Å²) in [5.74, 6) is -0.541. The Bertz CT molecular complexity index is 648. The van der Waals surface area contributed by atoms with Gasteiger partial charge in [-0.1, -0.05) is 12.1 Å². The molecule has 2 rings (SSSR count). The van der Waals surface area contributed by atoms with E-state index in [0.29, 0.717) is 16.2 Å². The highest BCUT2D eigenvalue weighted by molar-refractivity contribution is 9.10. The van der Waals surface area contributed by atoms with E-state index in [0.717, 1.165) is 4.47 Å². The van der Waals surface area contributed by atoms with Gasteiger partial charge in [0.25, 0.3) is 0 Å². The highest BCUT2D eigenvalue weighted by Crippen LogP contribution is 2.24. The van der Waals surface area contributed by atoms with Gasteiger partial charge in [0, 0.05) is 10.0 Å². The van der Waals surface area contributed by atoms with Crippen molar-refractivity contribution in [1.29, 1.82) is 0 Å². The number of carbonyl (C=O) groups is 1. The van der Waals surface area contributed by atoms with E-state index in [9.17, 15) is 9.00 Å². The van der Waals surface area contributed by atoms with Crippen LogP contribution in [0.1, 0.15) is 21.9 Å². The predicted molar refractivity (Wildman–Crippen MR) is 74.7 cm³/mol. The summed E-state index contributed by atoms with van der Waals surface area (Å²) in [5.41, 5.74) is 0.645. The van der Waals surface area contributed by atoms with Crippen molar-refractivity contribution in [3.05, 3.63) is 51.9 Å². The van der Waals surface area contributed by atoms with Crippen LogP contribution >= 0.6 is 15.9 Å². The van der Waals surface area contributed by atoms with Crippen LogP contribution in [0.4, 0.5) is 0 Å². The number of hydrogen-bond acceptors (Lipinski definition) is 3. The number of hydrogen-bond donors (Lipinski definition) is 1. The van der Waals surface area contributed by atoms with E-state index in [1.54, 1.807) is 13.0 Å². The van der Waals surface area contributed by atoms with Crippen LogP contribution in [0.15, 0.2) is 44.1 Å². The molecule has 1 N–H and O–H groups in total. The first-order chi connectivity index (χ1) is 8.99. The smallest absolute Gasteiger partial charge is 0.371 e. The maximum atomic E-state index is 12.3. The Morgan fingerprint density at radius 1 is 1.42 bits per heavy atom. The Morgan fingerprint density at radius 2 is 2.11 bits per heavy atom. The average Bonchev–Trinajstić information content (AvgIpc) is 2.71. The maximum absolute atomic E-state index is 12.3. The molecule has 0 spiro atoms. The zero-order valence-electron chi connectivity index (χ0n) is 10.1. The molecule has 0 radical (unpaired) electrons. The third-order valence-electron chi connectivity index (χ3n) is 2.60. The minimum atomic E-state index is -1.26. The molecule has 0 aliphatic rings. The summed E-state index contributed by atoms with van der Waals surface area (Å²) in [5, 5.41) is 8.84. The molecule has 100 valence electrons. The number of benzene rings is 1. The second-order valence-electron chi connectivity index (χ2n) is 3.92. The first-order valence-corrected chi connectivity index (χ1v) is 7.55. The van der Waals surface area contributed by atoms with E-state index in [1.807, 2.05) is 18.2 Å². The Kier molecular flexibility index (Phi) is 4.21. The molecular formula is C13H11BrO4S. The topological polar surface area (TPSA) is 67.5 Å². The van der Waals surface area contributed by atoms with Crippen molar-refractivity contribution in [2.24, 2.45) is 0 Å². The van der Waals surface area contributed by atoms with Gasteiger partial charge in [-0.2, -0.15) is 0 Å². The van der Waals surface area contributed by atoms with Crippen molar-refractivity contribution in [2.45, 2.75) is 17.6 Å². The highest BCUT2D eigenvalue weighted by Gasteiger charge is 2.16. The van der Waals surface area contributed by atoms with E-state index in [-0.39, 0.29) is 11.5 Å². The van der Waals surface area contributed by atoms with Crippen molar-refractivity contribution in [1.82, 2.24) is 0 Å². The van der Waals surface area contributed by atoms with Gasteiger partial charge < -0.3 is 9.52 Å². The summed E-state index contributed by atoms with van der Waals surface area (Å²) in [4.78, 5) is 11.5. The number of rotatable bonds is 4. The second-order valence-corrected chi connectivity index (χ2v) is 6.19. The lowest BCUT2D eigenvalue weighted by molar-refractivity contribution is 0.0661. The summed E-state index contributed by atoms with van der Waals surface area (Å²) >= 11 is 3.35. The van der Waals surface area contributed by atoms with Crippen molar-refractivity contribution in [3.8, 4) is 0 Å². The standard InChI is InChI=1S/C13H11BrO4S/c1-8-9(6-11(18-8)13(15)16)7-19(17)12-5-3-2-4-10(12)14/h2-6H,7H2,1H3,(H,15,16). The molecule has 6 heteroatoms. The number of halogens is 1. The molecule has 0 aliphatic carbocycles. The molecule has 2 aromatic rings. The van der Waals surface area contributed by atoms with Crippen LogP contribution < -0.4 is 0 Å². The molecule has 1 heterocycles. The molecule has 19 heavy (non-hydrogen) atoms. The van der Waals surface area contributed by atoms with Crippen molar-refractivity contribution >= 4 is 32.7 Å². The largest absolute Gasteiger partial charge is 0.475 e. The first kappa shape index (κ1) is 14.0. The summed E-state index contributed by atoms with van der Waals surface area (Å²) < 4.78 is 18.1. The summed E-state index contributed by atoms with van der Waals surface area (Å²) in [7, 11) is -1.26. The zero-order chi connectivity index (χ0) is 14.0. The number of aryl methyl sites for hydroxylation is 1. The SMILES string of the molecule is Cc1oc(C(=O)O)cc1CS(=O)c1ccccc1Br. The van der Waals surface area contributed by atoms with Gasteiger partial charge in [-0.3, -0.25) is 4.21 Å². The lowest BCUT2D eigenvalue weighted by Crippen LogP contribution is -1.98. The van der Waals surface area contributed by atoms with Crippen LogP contribution in [0.25, 0.3) is 0 Å². The summed E-state index contributed by atoms with van der Waals surface area (Å²) in [6, 6.07) is 8.66. The molecule has 1 aromatic carbocycles. The fourth-order valence-electron chi connectivity index (χ4n) is 1.62. The summed E-state index contributed by atoms with van der Waals surface area (Å²) in [6.07, 6.45) is 0. The normalized spacial score (nSPS) is 12.3. The van der Waals surface area contributed by atoms with E-state index in [1.165, 1.54) is 6.07 Å². The van der Waals surface area contributed by atoms with Crippen LogP contribution in [-0.4, -0.2) is 15.3 Å². The molecule has 1 atom stereocenters. The minimum absolute atomic E-state index is 0.128. The van der Waals surface area contributed by atoms with Gasteiger partial charge in [0.1, 0.15) is 5.76 Å². The fourth-order valence-corrected chi connectivity index (χ4v) is 3.68. The van der Waals surface area contributed by atoms with Crippen molar-refractivity contribution in [2.75, 3.05) is 0 Å². The van der Waals surface area contributed by atoms with E-state index >= 15 is 0 Å². The molecule has 0 saturated carbocycles. The Balaban J connectivity index is 2.24. The highest BCUT2D eigenvalue weighted by atomic mass is 79.9. The first-order valence-electron chi connectivity index (χ1n) is 5.44. The molecule has 0 bridgehead atoms. The molecule has 0 saturated heterocycles. The quantitative estimate of drug-likeness (QED) is 0.924. The van der Waals surface area contributed by atoms with Gasteiger partial charge in [0.15, 0.2) is 0 Å². The Morgan fingerprint density at radius 3 is 2.68 bits per heavy atom. The minimum Gasteiger partial charge on any atom is -0.475 e. The molecule has 1 unspecified atom stereocenters. The number of carboxylic acid groups (broad SMARTS) is 1. The van der Waals surface area contributed by atoms with Crippen LogP contribution in [0.3, 0.4) is 0 Å². The molecule has 4 nitrogen and oxygen atoms in total. The van der Waals surface area contributed by atoms with Gasteiger partial charge in [-0.25, -0.2) is 4.79 Å². The second kappa shape index (κ2) is 5.71. The Labute approximate surface area is 121 Å². The lowest BCUT2D eigenvalue weighted by atomic mass is 10.3. The molecule has 0 amide bonds. The lowest BCUT2D eigenvalue weighted by Gasteiger charge is -2.03. The third-order valence-corrected chi connectivity index (χ3v) is 4.97. The van der Waals surface area contributed by atoms with Crippen molar-refractivity contribution in [3.63, 3.8) is 0 Å². The van der Waals surface area contributed by atoms with Gasteiger partial charge >= 0.3 is 5.97 Å². The van der Waals surface area contributed by atoms with Gasteiger partial charge in [-0.05, 0) is 41.1 Å². The maximum Gasteiger partial charge on any atom is 0.371 e.